The van der Waals surface area contributed by atoms with E-state index in [-0.39, 0.29) is 17.6 Å². The molecule has 0 spiro atoms. The summed E-state index contributed by atoms with van der Waals surface area (Å²) >= 11 is 0. The second-order valence-electron chi connectivity index (χ2n) is 7.75. The molecule has 0 unspecified atom stereocenters. The molecule has 1 atom stereocenters. The van der Waals surface area contributed by atoms with Crippen molar-refractivity contribution < 1.29 is 23.4 Å². The topological polar surface area (TPSA) is 88.7 Å². The summed E-state index contributed by atoms with van der Waals surface area (Å²) in [6.45, 7) is 2.97. The number of hydrogen-bond donors (Lipinski definition) is 1. The Bertz CT molecular complexity index is 1300. The highest BCUT2D eigenvalue weighted by atomic mass is 19.1. The molecule has 0 amide bonds. The molecule has 0 bridgehead atoms. The highest BCUT2D eigenvalue weighted by Crippen LogP contribution is 2.36. The molecular weight excluding hydrogens is 401 g/mol. The van der Waals surface area contributed by atoms with Crippen LogP contribution in [0, 0.1) is 5.82 Å². The molecule has 5 rings (SSSR count). The standard InChI is InChI=1S/C23H20FN3O4/c1-13-4-2-3-9-27(13)22-21(20-11-14-10-15(24)5-8-19(14)31-20)25-17-7-6-16(30-23(28)29)12-18(17)26-22/h5-8,10-13H,2-4,9H2,1H3,(H,28,29)/t13-/m0/s1. The monoisotopic (exact) mass is 421 g/mol. The van der Waals surface area contributed by atoms with Gasteiger partial charge in [0.2, 0.25) is 0 Å². The van der Waals surface area contributed by atoms with E-state index < -0.39 is 6.16 Å². The average molecular weight is 421 g/mol. The van der Waals surface area contributed by atoms with E-state index in [1.54, 1.807) is 24.3 Å². The largest absolute Gasteiger partial charge is 0.511 e. The molecule has 8 heteroatoms. The van der Waals surface area contributed by atoms with Crippen molar-refractivity contribution in [3.05, 3.63) is 48.3 Å². The molecule has 1 aliphatic heterocycles. The van der Waals surface area contributed by atoms with Crippen molar-refractivity contribution >= 4 is 34.0 Å². The summed E-state index contributed by atoms with van der Waals surface area (Å²) in [5.74, 6) is 1.01. The Labute approximate surface area is 177 Å². The van der Waals surface area contributed by atoms with Crippen LogP contribution < -0.4 is 9.64 Å². The zero-order valence-electron chi connectivity index (χ0n) is 16.8. The summed E-state index contributed by atoms with van der Waals surface area (Å²) in [6, 6.07) is 11.2. The zero-order chi connectivity index (χ0) is 21.5. The molecular formula is C23H20FN3O4. The Morgan fingerprint density at radius 2 is 2.03 bits per heavy atom. The van der Waals surface area contributed by atoms with Crippen LogP contribution in [0.3, 0.4) is 0 Å². The van der Waals surface area contributed by atoms with Crippen molar-refractivity contribution in [2.75, 3.05) is 11.4 Å². The van der Waals surface area contributed by atoms with Crippen LogP contribution in [-0.4, -0.2) is 33.8 Å². The predicted octanol–water partition coefficient (Wildman–Crippen LogP) is 5.62. The molecule has 1 N–H and O–H groups in total. The number of carboxylic acid groups (broad SMARTS) is 1. The van der Waals surface area contributed by atoms with Crippen LogP contribution in [0.5, 0.6) is 5.75 Å². The van der Waals surface area contributed by atoms with E-state index in [1.165, 1.54) is 18.2 Å². The summed E-state index contributed by atoms with van der Waals surface area (Å²) in [5, 5.41) is 9.56. The second kappa shape index (κ2) is 7.54. The lowest BCUT2D eigenvalue weighted by Crippen LogP contribution is -2.38. The number of anilines is 1. The first-order valence-electron chi connectivity index (χ1n) is 10.2. The van der Waals surface area contributed by atoms with Crippen LogP contribution in [0.4, 0.5) is 15.0 Å². The van der Waals surface area contributed by atoms with Gasteiger partial charge in [-0.05, 0) is 62.6 Å². The fourth-order valence-corrected chi connectivity index (χ4v) is 4.10. The van der Waals surface area contributed by atoms with E-state index in [4.69, 9.17) is 24.2 Å². The minimum atomic E-state index is -1.39. The van der Waals surface area contributed by atoms with Gasteiger partial charge in [-0.2, -0.15) is 0 Å². The Morgan fingerprint density at radius 3 is 2.84 bits per heavy atom. The first kappa shape index (κ1) is 19.3. The quantitative estimate of drug-likeness (QED) is 0.339. The minimum absolute atomic E-state index is 0.180. The Morgan fingerprint density at radius 1 is 1.16 bits per heavy atom. The van der Waals surface area contributed by atoms with Gasteiger partial charge >= 0.3 is 6.16 Å². The maximum absolute atomic E-state index is 13.7. The van der Waals surface area contributed by atoms with Crippen LogP contribution in [0.15, 0.2) is 46.9 Å². The summed E-state index contributed by atoms with van der Waals surface area (Å²) in [4.78, 5) is 22.7. The third-order valence-electron chi connectivity index (χ3n) is 5.61. The van der Waals surface area contributed by atoms with Crippen LogP contribution in [0.25, 0.3) is 33.5 Å². The predicted molar refractivity (Wildman–Crippen MR) is 114 cm³/mol. The summed E-state index contributed by atoms with van der Waals surface area (Å²) in [6.07, 6.45) is 1.83. The Balaban J connectivity index is 1.70. The number of rotatable bonds is 3. The number of piperidine rings is 1. The maximum Gasteiger partial charge on any atom is 0.511 e. The van der Waals surface area contributed by atoms with Gasteiger partial charge in [-0.3, -0.25) is 0 Å². The maximum atomic E-state index is 13.7. The third kappa shape index (κ3) is 3.65. The van der Waals surface area contributed by atoms with Gasteiger partial charge in [-0.1, -0.05) is 0 Å². The number of carbonyl (C=O) groups is 1. The van der Waals surface area contributed by atoms with Crippen LogP contribution in [-0.2, 0) is 0 Å². The minimum Gasteiger partial charge on any atom is -0.454 e. The summed E-state index contributed by atoms with van der Waals surface area (Å²) in [5.41, 5.74) is 2.25. The van der Waals surface area contributed by atoms with Gasteiger partial charge < -0.3 is 19.2 Å². The number of ether oxygens (including phenoxy) is 1. The molecule has 1 saturated heterocycles. The number of benzene rings is 2. The number of halogens is 1. The molecule has 7 nitrogen and oxygen atoms in total. The molecule has 0 radical (unpaired) electrons. The Hall–Kier alpha value is -3.68. The molecule has 158 valence electrons. The lowest BCUT2D eigenvalue weighted by atomic mass is 10.0. The van der Waals surface area contributed by atoms with Crippen molar-refractivity contribution in [2.45, 2.75) is 32.2 Å². The van der Waals surface area contributed by atoms with Crippen LogP contribution >= 0.6 is 0 Å². The van der Waals surface area contributed by atoms with Gasteiger partial charge in [-0.15, -0.1) is 0 Å². The van der Waals surface area contributed by atoms with Crippen molar-refractivity contribution in [2.24, 2.45) is 0 Å². The fourth-order valence-electron chi connectivity index (χ4n) is 4.10. The van der Waals surface area contributed by atoms with Gasteiger partial charge in [0.05, 0.1) is 11.0 Å². The van der Waals surface area contributed by atoms with Crippen LogP contribution in [0.1, 0.15) is 26.2 Å². The molecule has 3 heterocycles. The van der Waals surface area contributed by atoms with E-state index in [0.29, 0.717) is 39.3 Å². The van der Waals surface area contributed by atoms with Crippen molar-refractivity contribution in [3.63, 3.8) is 0 Å². The molecule has 2 aromatic carbocycles. The van der Waals surface area contributed by atoms with Gasteiger partial charge in [0.15, 0.2) is 11.6 Å². The summed E-state index contributed by atoms with van der Waals surface area (Å²) < 4.78 is 24.5. The van der Waals surface area contributed by atoms with Crippen molar-refractivity contribution in [3.8, 4) is 17.2 Å². The third-order valence-corrected chi connectivity index (χ3v) is 5.61. The SMILES string of the molecule is C[C@H]1CCCCN1c1nc2cc(OC(=O)O)ccc2nc1-c1cc2cc(F)ccc2o1. The van der Waals surface area contributed by atoms with E-state index in [2.05, 4.69) is 11.8 Å². The molecule has 1 aliphatic rings. The number of hydrogen-bond acceptors (Lipinski definition) is 6. The normalized spacial score (nSPS) is 16.7. The lowest BCUT2D eigenvalue weighted by Gasteiger charge is -2.35. The molecule has 31 heavy (non-hydrogen) atoms. The van der Waals surface area contributed by atoms with Crippen LogP contribution in [0.2, 0.25) is 0 Å². The second-order valence-corrected chi connectivity index (χ2v) is 7.75. The number of nitrogens with zero attached hydrogens (tertiary/aromatic N) is 3. The zero-order valence-corrected chi connectivity index (χ0v) is 16.8. The van der Waals surface area contributed by atoms with Gasteiger partial charge in [-0.25, -0.2) is 19.2 Å². The highest BCUT2D eigenvalue weighted by Gasteiger charge is 2.26. The first-order chi connectivity index (χ1) is 15.0. The van der Waals surface area contributed by atoms with E-state index in [0.717, 1.165) is 25.8 Å². The van der Waals surface area contributed by atoms with Crippen molar-refractivity contribution in [1.82, 2.24) is 9.97 Å². The fraction of sp³-hybridized carbons (Fsp3) is 0.261. The van der Waals surface area contributed by atoms with Gasteiger partial charge in [0, 0.05) is 24.0 Å². The molecule has 1 fully saturated rings. The highest BCUT2D eigenvalue weighted by molar-refractivity contribution is 5.88. The number of aromatic nitrogens is 2. The van der Waals surface area contributed by atoms with Gasteiger partial charge in [0.25, 0.3) is 0 Å². The molecule has 0 aliphatic carbocycles. The van der Waals surface area contributed by atoms with E-state index >= 15 is 0 Å². The van der Waals surface area contributed by atoms with Crippen molar-refractivity contribution in [1.29, 1.82) is 0 Å². The Kier molecular flexibility index (Phi) is 4.69. The number of furan rings is 1. The first-order valence-corrected chi connectivity index (χ1v) is 10.2. The summed E-state index contributed by atoms with van der Waals surface area (Å²) in [7, 11) is 0. The van der Waals surface area contributed by atoms with E-state index in [1.807, 2.05) is 0 Å². The molecule has 0 saturated carbocycles. The lowest BCUT2D eigenvalue weighted by molar-refractivity contribution is 0.144. The molecule has 4 aromatic rings. The average Bonchev–Trinajstić information content (AvgIpc) is 3.16. The van der Waals surface area contributed by atoms with E-state index in [9.17, 15) is 9.18 Å². The van der Waals surface area contributed by atoms with Gasteiger partial charge in [0.1, 0.15) is 22.8 Å². The smallest absolute Gasteiger partial charge is 0.454 e. The molecule has 2 aromatic heterocycles. The number of fused-ring (bicyclic) bond motifs is 2.